The van der Waals surface area contributed by atoms with Crippen LogP contribution < -0.4 is 4.74 Å². The molecule has 1 saturated heterocycles. The third-order valence-electron chi connectivity index (χ3n) is 5.36. The highest BCUT2D eigenvalue weighted by Crippen LogP contribution is 2.49. The van der Waals surface area contributed by atoms with Crippen molar-refractivity contribution in [1.29, 1.82) is 0 Å². The van der Waals surface area contributed by atoms with Gasteiger partial charge in [-0.05, 0) is 32.0 Å². The number of methoxy groups -OCH3 is 1. The molecular formula is C18H25NO3. The summed E-state index contributed by atoms with van der Waals surface area (Å²) >= 11 is 0. The number of aliphatic hydroxyl groups excluding tert-OH is 2. The number of aliphatic hydroxyl groups is 2. The first kappa shape index (κ1) is 15.5. The van der Waals surface area contributed by atoms with Crippen molar-refractivity contribution in [3.8, 4) is 5.75 Å². The Kier molecular flexibility index (Phi) is 4.52. The Balaban J connectivity index is 1.52. The van der Waals surface area contributed by atoms with Gasteiger partial charge in [0, 0.05) is 23.9 Å². The molecule has 0 bridgehead atoms. The van der Waals surface area contributed by atoms with E-state index in [1.807, 2.05) is 24.3 Å². The van der Waals surface area contributed by atoms with E-state index < -0.39 is 0 Å². The Hall–Kier alpha value is -1.36. The summed E-state index contributed by atoms with van der Waals surface area (Å²) in [6.45, 7) is 2.76. The van der Waals surface area contributed by atoms with Crippen LogP contribution in [0.2, 0.25) is 0 Å². The van der Waals surface area contributed by atoms with E-state index in [0.29, 0.717) is 6.42 Å². The molecule has 2 N–H and O–H groups in total. The van der Waals surface area contributed by atoms with Crippen LogP contribution in [0.1, 0.15) is 24.8 Å². The molecule has 1 saturated carbocycles. The number of piperidine rings is 1. The maximum absolute atomic E-state index is 9.96. The van der Waals surface area contributed by atoms with Gasteiger partial charge in [0.15, 0.2) is 0 Å². The number of para-hydroxylation sites is 1. The van der Waals surface area contributed by atoms with Gasteiger partial charge in [0.2, 0.25) is 0 Å². The molecule has 1 aliphatic heterocycles. The van der Waals surface area contributed by atoms with Crippen LogP contribution in [-0.4, -0.2) is 54.1 Å². The third-order valence-corrected chi connectivity index (χ3v) is 5.36. The van der Waals surface area contributed by atoms with Crippen LogP contribution in [0.15, 0.2) is 30.3 Å². The molecule has 0 radical (unpaired) electrons. The van der Waals surface area contributed by atoms with Crippen molar-refractivity contribution in [3.63, 3.8) is 0 Å². The summed E-state index contributed by atoms with van der Waals surface area (Å²) in [6.07, 6.45) is 5.95. The van der Waals surface area contributed by atoms with Gasteiger partial charge >= 0.3 is 0 Å². The lowest BCUT2D eigenvalue weighted by molar-refractivity contribution is -0.189. The molecule has 3 rings (SSSR count). The fourth-order valence-electron chi connectivity index (χ4n) is 3.69. The average Bonchev–Trinajstić information content (AvgIpc) is 2.56. The van der Waals surface area contributed by atoms with E-state index in [-0.39, 0.29) is 17.6 Å². The number of rotatable bonds is 4. The highest BCUT2D eigenvalue weighted by atomic mass is 16.5. The molecule has 0 aromatic heterocycles. The molecule has 1 spiro atoms. The zero-order valence-corrected chi connectivity index (χ0v) is 13.1. The summed E-state index contributed by atoms with van der Waals surface area (Å²) in [6, 6.07) is 7.98. The first-order valence-electron chi connectivity index (χ1n) is 8.04. The zero-order chi connectivity index (χ0) is 15.6. The average molecular weight is 303 g/mol. The van der Waals surface area contributed by atoms with Crippen LogP contribution in [0.3, 0.4) is 0 Å². The molecule has 0 unspecified atom stereocenters. The van der Waals surface area contributed by atoms with E-state index in [0.717, 1.165) is 43.8 Å². The molecule has 1 aliphatic carbocycles. The van der Waals surface area contributed by atoms with Crippen LogP contribution in [-0.2, 0) is 0 Å². The highest BCUT2D eigenvalue weighted by molar-refractivity contribution is 5.57. The van der Waals surface area contributed by atoms with Crippen molar-refractivity contribution in [2.75, 3.05) is 26.7 Å². The van der Waals surface area contributed by atoms with Crippen LogP contribution in [0.25, 0.3) is 6.08 Å². The molecule has 2 aliphatic rings. The van der Waals surface area contributed by atoms with E-state index in [4.69, 9.17) is 4.74 Å². The van der Waals surface area contributed by atoms with Gasteiger partial charge < -0.3 is 14.9 Å². The molecule has 1 aromatic carbocycles. The Morgan fingerprint density at radius 3 is 2.55 bits per heavy atom. The van der Waals surface area contributed by atoms with Gasteiger partial charge in [0.1, 0.15) is 5.75 Å². The van der Waals surface area contributed by atoms with Crippen molar-refractivity contribution in [2.24, 2.45) is 5.41 Å². The number of ether oxygens (including phenoxy) is 1. The second kappa shape index (κ2) is 6.41. The largest absolute Gasteiger partial charge is 0.496 e. The summed E-state index contributed by atoms with van der Waals surface area (Å²) in [7, 11) is 1.69. The third kappa shape index (κ3) is 2.78. The summed E-state index contributed by atoms with van der Waals surface area (Å²) in [5.41, 5.74) is 0.867. The predicted octanol–water partition coefficient (Wildman–Crippen LogP) is 1.92. The van der Waals surface area contributed by atoms with Crippen LogP contribution in [0, 0.1) is 5.41 Å². The molecule has 22 heavy (non-hydrogen) atoms. The van der Waals surface area contributed by atoms with E-state index in [9.17, 15) is 10.2 Å². The van der Waals surface area contributed by atoms with E-state index in [2.05, 4.69) is 17.1 Å². The van der Waals surface area contributed by atoms with Crippen LogP contribution >= 0.6 is 0 Å². The molecule has 4 nitrogen and oxygen atoms in total. The van der Waals surface area contributed by atoms with E-state index in [1.54, 1.807) is 7.11 Å². The van der Waals surface area contributed by atoms with Gasteiger partial charge in [0.05, 0.1) is 19.3 Å². The van der Waals surface area contributed by atoms with Gasteiger partial charge in [-0.3, -0.25) is 4.90 Å². The molecule has 1 heterocycles. The summed E-state index contributed by atoms with van der Waals surface area (Å²) < 4.78 is 5.34. The molecular weight excluding hydrogens is 278 g/mol. The standard InChI is InChI=1S/C18H25NO3/c1-22-15-7-3-2-5-14(15)6-4-10-19-11-8-18(9-12-19)16(20)13-17(18)21/h2-7,16-17,20-21H,8-13H2,1H3/b6-4+/t16-,17+. The molecule has 1 aromatic rings. The van der Waals surface area contributed by atoms with Gasteiger partial charge in [0.25, 0.3) is 0 Å². The topological polar surface area (TPSA) is 52.9 Å². The van der Waals surface area contributed by atoms with Crippen molar-refractivity contribution in [2.45, 2.75) is 31.5 Å². The molecule has 120 valence electrons. The first-order valence-corrected chi connectivity index (χ1v) is 8.04. The number of likely N-dealkylation sites (tertiary alicyclic amines) is 1. The van der Waals surface area contributed by atoms with E-state index in [1.165, 1.54) is 0 Å². The van der Waals surface area contributed by atoms with Gasteiger partial charge in [-0.1, -0.05) is 30.4 Å². The minimum absolute atomic E-state index is 0.219. The summed E-state index contributed by atoms with van der Waals surface area (Å²) in [4.78, 5) is 2.37. The highest BCUT2D eigenvalue weighted by Gasteiger charge is 2.54. The predicted molar refractivity (Wildman–Crippen MR) is 86.8 cm³/mol. The zero-order valence-electron chi connectivity index (χ0n) is 13.1. The molecule has 2 atom stereocenters. The normalized spacial score (nSPS) is 28.0. The monoisotopic (exact) mass is 303 g/mol. The fraction of sp³-hybridized carbons (Fsp3) is 0.556. The van der Waals surface area contributed by atoms with Crippen molar-refractivity contribution < 1.29 is 14.9 Å². The van der Waals surface area contributed by atoms with Gasteiger partial charge in [-0.25, -0.2) is 0 Å². The second-order valence-corrected chi connectivity index (χ2v) is 6.45. The van der Waals surface area contributed by atoms with Crippen molar-refractivity contribution in [1.82, 2.24) is 4.90 Å². The second-order valence-electron chi connectivity index (χ2n) is 6.45. The Morgan fingerprint density at radius 2 is 1.91 bits per heavy atom. The lowest BCUT2D eigenvalue weighted by Crippen LogP contribution is -2.61. The Morgan fingerprint density at radius 1 is 1.23 bits per heavy atom. The molecule has 2 fully saturated rings. The number of nitrogens with zero attached hydrogens (tertiary/aromatic N) is 1. The van der Waals surface area contributed by atoms with Gasteiger partial charge in [-0.2, -0.15) is 0 Å². The minimum Gasteiger partial charge on any atom is -0.496 e. The summed E-state index contributed by atoms with van der Waals surface area (Å²) in [5.74, 6) is 0.886. The van der Waals surface area contributed by atoms with Crippen molar-refractivity contribution in [3.05, 3.63) is 35.9 Å². The number of benzene rings is 1. The van der Waals surface area contributed by atoms with Crippen LogP contribution in [0.5, 0.6) is 5.75 Å². The van der Waals surface area contributed by atoms with Crippen LogP contribution in [0.4, 0.5) is 0 Å². The smallest absolute Gasteiger partial charge is 0.126 e. The summed E-state index contributed by atoms with van der Waals surface area (Å²) in [5, 5.41) is 19.9. The Labute approximate surface area is 132 Å². The van der Waals surface area contributed by atoms with E-state index >= 15 is 0 Å². The minimum atomic E-state index is -0.311. The van der Waals surface area contributed by atoms with Crippen molar-refractivity contribution >= 4 is 6.08 Å². The number of hydrogen-bond donors (Lipinski definition) is 2. The fourth-order valence-corrected chi connectivity index (χ4v) is 3.69. The lowest BCUT2D eigenvalue weighted by atomic mass is 9.58. The quantitative estimate of drug-likeness (QED) is 0.892. The maximum atomic E-state index is 9.96. The SMILES string of the molecule is COc1ccccc1/C=C/CN1CCC2(CC1)[C@H](O)C[C@@H]2O. The first-order chi connectivity index (χ1) is 10.7. The molecule has 0 amide bonds. The van der Waals surface area contributed by atoms with Gasteiger partial charge in [-0.15, -0.1) is 0 Å². The maximum Gasteiger partial charge on any atom is 0.126 e. The lowest BCUT2D eigenvalue weighted by Gasteiger charge is -2.55. The molecule has 4 heteroatoms. The Bertz CT molecular complexity index is 525. The number of hydrogen-bond acceptors (Lipinski definition) is 4.